The molecule has 0 unspecified atom stereocenters. The quantitative estimate of drug-likeness (QED) is 0.674. The number of nitrogens with one attached hydrogen (secondary N) is 1. The van der Waals surface area contributed by atoms with Gasteiger partial charge in [0.2, 0.25) is 15.9 Å². The molecule has 1 N–H and O–H groups in total. The first kappa shape index (κ1) is 19.2. The summed E-state index contributed by atoms with van der Waals surface area (Å²) in [5.74, 6) is 0.147. The molecule has 1 aromatic carbocycles. The van der Waals surface area contributed by atoms with Crippen molar-refractivity contribution >= 4 is 39.0 Å². The largest absolute Gasteiger partial charge is 0.379 e. The first-order valence-electron chi connectivity index (χ1n) is 7.88. The van der Waals surface area contributed by atoms with Crippen LogP contribution in [0.25, 0.3) is 0 Å². The van der Waals surface area contributed by atoms with Crippen LogP contribution < -0.4 is 5.32 Å². The van der Waals surface area contributed by atoms with Crippen molar-refractivity contribution in [2.45, 2.75) is 15.8 Å². The summed E-state index contributed by atoms with van der Waals surface area (Å²) in [5.41, 5.74) is 2.45. The van der Waals surface area contributed by atoms with Crippen molar-refractivity contribution in [1.29, 1.82) is 0 Å². The molecule has 8 nitrogen and oxygen atoms in total. The van der Waals surface area contributed by atoms with E-state index in [1.807, 2.05) is 0 Å². The van der Waals surface area contributed by atoms with E-state index in [1.165, 1.54) is 27.4 Å². The smallest absolute Gasteiger partial charge is 0.243 e. The number of hydrogen-bond donors (Lipinski definition) is 1. The van der Waals surface area contributed by atoms with Crippen molar-refractivity contribution in [3.8, 4) is 0 Å². The van der Waals surface area contributed by atoms with Gasteiger partial charge in [0.25, 0.3) is 0 Å². The molecule has 26 heavy (non-hydrogen) atoms. The molecule has 11 heteroatoms. The lowest BCUT2D eigenvalue weighted by Gasteiger charge is -2.26. The number of morpholine rings is 1. The van der Waals surface area contributed by atoms with Crippen LogP contribution in [-0.2, 0) is 26.1 Å². The molecule has 0 saturated carbocycles. The Bertz CT molecular complexity index is 819. The maximum absolute atomic E-state index is 12.6. The van der Waals surface area contributed by atoms with E-state index in [2.05, 4.69) is 15.5 Å². The van der Waals surface area contributed by atoms with Gasteiger partial charge < -0.3 is 10.1 Å². The van der Waals surface area contributed by atoms with Gasteiger partial charge >= 0.3 is 0 Å². The van der Waals surface area contributed by atoms with Crippen LogP contribution in [0.3, 0.4) is 0 Å². The van der Waals surface area contributed by atoms with Gasteiger partial charge in [-0.05, 0) is 17.7 Å². The average Bonchev–Trinajstić information content (AvgIpc) is 3.19. The van der Waals surface area contributed by atoms with Gasteiger partial charge in [0.05, 0.1) is 23.9 Å². The molecule has 1 aromatic heterocycles. The number of carbonyl (C=O) groups excluding carboxylic acids is 1. The number of rotatable bonds is 7. The van der Waals surface area contributed by atoms with Crippen LogP contribution in [0, 0.1) is 0 Å². The van der Waals surface area contributed by atoms with Crippen LogP contribution in [0.5, 0.6) is 0 Å². The van der Waals surface area contributed by atoms with Crippen LogP contribution in [-0.4, -0.2) is 60.9 Å². The summed E-state index contributed by atoms with van der Waals surface area (Å²) in [4.78, 5) is 12.1. The van der Waals surface area contributed by atoms with Crippen LogP contribution in [0.1, 0.15) is 5.56 Å². The number of hydrogen-bond acceptors (Lipinski definition) is 8. The van der Waals surface area contributed by atoms with Gasteiger partial charge in [-0.1, -0.05) is 35.2 Å². The number of aromatic nitrogens is 2. The first-order valence-corrected chi connectivity index (χ1v) is 11.2. The molecular weight excluding hydrogens is 396 g/mol. The van der Waals surface area contributed by atoms with Crippen molar-refractivity contribution < 1.29 is 17.9 Å². The second kappa shape index (κ2) is 8.91. The van der Waals surface area contributed by atoms with Gasteiger partial charge in [-0.2, -0.15) is 4.31 Å². The molecule has 140 valence electrons. The summed E-state index contributed by atoms with van der Waals surface area (Å²) < 4.78 is 32.5. The summed E-state index contributed by atoms with van der Waals surface area (Å²) in [6.07, 6.45) is 0. The first-order chi connectivity index (χ1) is 12.6. The molecular formula is C15H18N4O4S3. The van der Waals surface area contributed by atoms with Crippen LogP contribution >= 0.6 is 23.1 Å². The number of carbonyl (C=O) groups is 1. The van der Waals surface area contributed by atoms with E-state index < -0.39 is 10.0 Å². The van der Waals surface area contributed by atoms with Crippen molar-refractivity contribution in [2.24, 2.45) is 0 Å². The molecule has 0 atom stereocenters. The lowest BCUT2D eigenvalue weighted by Crippen LogP contribution is -2.40. The predicted octanol–water partition coefficient (Wildman–Crippen LogP) is 0.967. The molecule has 3 rings (SSSR count). The van der Waals surface area contributed by atoms with Gasteiger partial charge in [0.1, 0.15) is 5.51 Å². The number of nitrogens with zero attached hydrogens (tertiary/aromatic N) is 3. The maximum atomic E-state index is 12.6. The molecule has 1 amide bonds. The molecule has 2 aromatic rings. The Morgan fingerprint density at radius 3 is 2.65 bits per heavy atom. The third-order valence-electron chi connectivity index (χ3n) is 3.69. The maximum Gasteiger partial charge on any atom is 0.243 e. The minimum atomic E-state index is -3.49. The lowest BCUT2D eigenvalue weighted by molar-refractivity contribution is -0.118. The van der Waals surface area contributed by atoms with Gasteiger partial charge in [-0.15, -0.1) is 10.2 Å². The normalized spacial score (nSPS) is 15.7. The minimum Gasteiger partial charge on any atom is -0.379 e. The fourth-order valence-electron chi connectivity index (χ4n) is 2.32. The number of ether oxygens (including phenoxy) is 1. The third-order valence-corrected chi connectivity index (χ3v) is 7.46. The molecule has 0 bridgehead atoms. The highest BCUT2D eigenvalue weighted by molar-refractivity contribution is 8.01. The number of sulfonamides is 1. The Morgan fingerprint density at radius 2 is 2.00 bits per heavy atom. The van der Waals surface area contributed by atoms with E-state index in [9.17, 15) is 13.2 Å². The zero-order chi connectivity index (χ0) is 18.4. The Kier molecular flexibility index (Phi) is 6.59. The van der Waals surface area contributed by atoms with Gasteiger partial charge in [-0.3, -0.25) is 4.79 Å². The second-order valence-corrected chi connectivity index (χ2v) is 9.42. The van der Waals surface area contributed by atoms with Crippen molar-refractivity contribution in [3.05, 3.63) is 35.3 Å². The number of amides is 1. The second-order valence-electron chi connectivity index (χ2n) is 5.43. The van der Waals surface area contributed by atoms with E-state index in [0.717, 1.165) is 9.90 Å². The van der Waals surface area contributed by atoms with E-state index in [-0.39, 0.29) is 16.6 Å². The van der Waals surface area contributed by atoms with E-state index >= 15 is 0 Å². The lowest BCUT2D eigenvalue weighted by atomic mass is 10.2. The van der Waals surface area contributed by atoms with E-state index in [4.69, 9.17) is 4.74 Å². The number of benzene rings is 1. The molecule has 2 heterocycles. The molecule has 0 radical (unpaired) electrons. The van der Waals surface area contributed by atoms with Gasteiger partial charge in [0.15, 0.2) is 4.34 Å². The molecule has 1 aliphatic heterocycles. The topological polar surface area (TPSA) is 101 Å². The Balaban J connectivity index is 1.51. The van der Waals surface area contributed by atoms with Crippen LogP contribution in [0.4, 0.5) is 0 Å². The summed E-state index contributed by atoms with van der Waals surface area (Å²) in [6.45, 7) is 1.91. The Hall–Kier alpha value is -1.53. The molecule has 0 aliphatic carbocycles. The molecule has 0 spiro atoms. The predicted molar refractivity (Wildman–Crippen MR) is 98.5 cm³/mol. The molecule has 1 aliphatic rings. The van der Waals surface area contributed by atoms with Crippen molar-refractivity contribution in [3.63, 3.8) is 0 Å². The highest BCUT2D eigenvalue weighted by atomic mass is 32.2. The summed E-state index contributed by atoms with van der Waals surface area (Å²) >= 11 is 2.72. The summed E-state index contributed by atoms with van der Waals surface area (Å²) in [5, 5.41) is 10.4. The summed E-state index contributed by atoms with van der Waals surface area (Å²) in [7, 11) is -3.49. The zero-order valence-electron chi connectivity index (χ0n) is 13.8. The van der Waals surface area contributed by atoms with E-state index in [0.29, 0.717) is 32.8 Å². The highest BCUT2D eigenvalue weighted by Crippen LogP contribution is 2.19. The fraction of sp³-hybridized carbons (Fsp3) is 0.400. The highest BCUT2D eigenvalue weighted by Gasteiger charge is 2.26. The minimum absolute atomic E-state index is 0.116. The van der Waals surface area contributed by atoms with Crippen molar-refractivity contribution in [2.75, 3.05) is 32.1 Å². The monoisotopic (exact) mass is 414 g/mol. The molecule has 1 fully saturated rings. The summed E-state index contributed by atoms with van der Waals surface area (Å²) in [6, 6.07) is 6.57. The Morgan fingerprint density at radius 1 is 1.27 bits per heavy atom. The number of thioether (sulfide) groups is 1. The van der Waals surface area contributed by atoms with Crippen LogP contribution in [0.15, 0.2) is 39.0 Å². The molecule has 1 saturated heterocycles. The van der Waals surface area contributed by atoms with Gasteiger partial charge in [0, 0.05) is 19.6 Å². The van der Waals surface area contributed by atoms with Gasteiger partial charge in [-0.25, -0.2) is 8.42 Å². The van der Waals surface area contributed by atoms with Crippen LogP contribution in [0.2, 0.25) is 0 Å². The van der Waals surface area contributed by atoms with Crippen molar-refractivity contribution in [1.82, 2.24) is 19.8 Å². The Labute approximate surface area is 160 Å². The fourth-order valence-corrected chi connectivity index (χ4v) is 5.05. The standard InChI is InChI=1S/C15H18N4O4S3/c20-14(10-24-15-18-17-11-25-15)16-9-12-1-3-13(4-2-12)26(21,22)19-5-7-23-8-6-19/h1-4,11H,5-10H2,(H,16,20). The SMILES string of the molecule is O=C(CSc1nncs1)NCc1ccc(S(=O)(=O)N2CCOCC2)cc1. The average molecular weight is 415 g/mol. The zero-order valence-corrected chi connectivity index (χ0v) is 16.3. The van der Waals surface area contributed by atoms with E-state index in [1.54, 1.807) is 29.8 Å². The third kappa shape index (κ3) is 5.01.